The number of aromatic nitrogens is 2. The van der Waals surface area contributed by atoms with E-state index in [1.54, 1.807) is 12.1 Å². The molecule has 0 unspecified atom stereocenters. The summed E-state index contributed by atoms with van der Waals surface area (Å²) in [6.45, 7) is 6.84. The molecule has 0 bridgehead atoms. The molecule has 0 atom stereocenters. The minimum absolute atomic E-state index is 0.247. The molecular formula is C21H27FN4O2. The van der Waals surface area contributed by atoms with Crippen LogP contribution in [0.5, 0.6) is 0 Å². The van der Waals surface area contributed by atoms with Crippen molar-refractivity contribution in [2.75, 3.05) is 6.54 Å². The van der Waals surface area contributed by atoms with Gasteiger partial charge >= 0.3 is 0 Å². The van der Waals surface area contributed by atoms with Gasteiger partial charge in [-0.2, -0.15) is 0 Å². The van der Waals surface area contributed by atoms with Gasteiger partial charge in [0.15, 0.2) is 5.82 Å². The fourth-order valence-corrected chi connectivity index (χ4v) is 3.35. The number of rotatable bonds is 5. The van der Waals surface area contributed by atoms with Crippen LogP contribution < -0.4 is 10.6 Å². The molecule has 6 nitrogen and oxygen atoms in total. The molecule has 0 aliphatic carbocycles. The number of nitrogens with zero attached hydrogens (tertiary/aromatic N) is 2. The van der Waals surface area contributed by atoms with Crippen molar-refractivity contribution in [1.29, 1.82) is 0 Å². The molecule has 0 saturated carbocycles. The Bertz CT molecular complexity index is 866. The maximum atomic E-state index is 13.0. The summed E-state index contributed by atoms with van der Waals surface area (Å²) in [6, 6.07) is 6.21. The molecular weight excluding hydrogens is 359 g/mol. The Labute approximate surface area is 164 Å². The number of hydrogen-bond acceptors (Lipinski definition) is 3. The Morgan fingerprint density at radius 2 is 1.86 bits per heavy atom. The Kier molecular flexibility index (Phi) is 5.82. The maximum Gasteiger partial charge on any atom is 0.287 e. The molecule has 0 saturated heterocycles. The van der Waals surface area contributed by atoms with Crippen LogP contribution in [0.3, 0.4) is 0 Å². The van der Waals surface area contributed by atoms with Gasteiger partial charge in [-0.15, -0.1) is 0 Å². The third-order valence-corrected chi connectivity index (χ3v) is 4.64. The van der Waals surface area contributed by atoms with Gasteiger partial charge in [0.05, 0.1) is 5.69 Å². The molecule has 2 aromatic rings. The van der Waals surface area contributed by atoms with Crippen molar-refractivity contribution in [2.24, 2.45) is 0 Å². The molecule has 2 heterocycles. The second-order valence-electron chi connectivity index (χ2n) is 8.18. The first-order valence-electron chi connectivity index (χ1n) is 9.69. The van der Waals surface area contributed by atoms with Crippen LogP contribution in [0.4, 0.5) is 4.39 Å². The van der Waals surface area contributed by atoms with E-state index < -0.39 is 0 Å². The van der Waals surface area contributed by atoms with Crippen molar-refractivity contribution >= 4 is 11.8 Å². The highest BCUT2D eigenvalue weighted by Gasteiger charge is 2.28. The molecule has 1 aromatic heterocycles. The molecule has 7 heteroatoms. The van der Waals surface area contributed by atoms with E-state index in [1.807, 2.05) is 25.3 Å². The zero-order valence-corrected chi connectivity index (χ0v) is 16.6. The molecule has 2 amide bonds. The van der Waals surface area contributed by atoms with E-state index in [-0.39, 0.29) is 29.0 Å². The van der Waals surface area contributed by atoms with E-state index in [0.29, 0.717) is 25.2 Å². The fourth-order valence-electron chi connectivity index (χ4n) is 3.35. The molecule has 0 spiro atoms. The van der Waals surface area contributed by atoms with Crippen molar-refractivity contribution < 1.29 is 14.0 Å². The lowest BCUT2D eigenvalue weighted by atomic mass is 10.1. The van der Waals surface area contributed by atoms with Crippen LogP contribution in [-0.4, -0.2) is 33.4 Å². The molecule has 0 radical (unpaired) electrons. The second kappa shape index (κ2) is 8.12. The number of amides is 2. The first-order valence-corrected chi connectivity index (χ1v) is 9.69. The molecule has 2 N–H and O–H groups in total. The van der Waals surface area contributed by atoms with Crippen LogP contribution in [0, 0.1) is 5.82 Å². The Hall–Kier alpha value is -2.70. The second-order valence-corrected chi connectivity index (χ2v) is 8.18. The molecule has 150 valence electrons. The van der Waals surface area contributed by atoms with E-state index in [1.165, 1.54) is 12.1 Å². The number of hydrogen-bond donors (Lipinski definition) is 2. The van der Waals surface area contributed by atoms with Crippen LogP contribution in [0.2, 0.25) is 0 Å². The Morgan fingerprint density at radius 1 is 1.14 bits per heavy atom. The van der Waals surface area contributed by atoms with Gasteiger partial charge in [0, 0.05) is 18.6 Å². The highest BCUT2D eigenvalue weighted by molar-refractivity contribution is 5.97. The smallest absolute Gasteiger partial charge is 0.287 e. The van der Waals surface area contributed by atoms with Crippen LogP contribution in [0.1, 0.15) is 66.0 Å². The number of imidazole rings is 1. The van der Waals surface area contributed by atoms with E-state index in [4.69, 9.17) is 0 Å². The van der Waals surface area contributed by atoms with E-state index in [9.17, 15) is 14.0 Å². The predicted octanol–water partition coefficient (Wildman–Crippen LogP) is 2.86. The summed E-state index contributed by atoms with van der Waals surface area (Å²) in [4.78, 5) is 29.7. The lowest BCUT2D eigenvalue weighted by Crippen LogP contribution is -2.41. The number of nitrogens with one attached hydrogen (secondary N) is 2. The molecule has 28 heavy (non-hydrogen) atoms. The van der Waals surface area contributed by atoms with Gasteiger partial charge < -0.3 is 15.2 Å². The summed E-state index contributed by atoms with van der Waals surface area (Å²) in [5, 5.41) is 5.79. The largest absolute Gasteiger partial charge is 0.349 e. The zero-order chi connectivity index (χ0) is 20.3. The summed E-state index contributed by atoms with van der Waals surface area (Å²) < 4.78 is 14.8. The fraction of sp³-hybridized carbons (Fsp3) is 0.476. The van der Waals surface area contributed by atoms with Gasteiger partial charge in [-0.25, -0.2) is 9.37 Å². The molecule has 3 rings (SSSR count). The van der Waals surface area contributed by atoms with Crippen molar-refractivity contribution in [1.82, 2.24) is 20.2 Å². The highest BCUT2D eigenvalue weighted by atomic mass is 19.1. The average Bonchev–Trinajstić information content (AvgIpc) is 3.02. The summed E-state index contributed by atoms with van der Waals surface area (Å²) in [6.07, 6.45) is 3.27. The highest BCUT2D eigenvalue weighted by Crippen LogP contribution is 2.21. The van der Waals surface area contributed by atoms with Crippen molar-refractivity contribution in [3.8, 4) is 0 Å². The van der Waals surface area contributed by atoms with Gasteiger partial charge in [0.2, 0.25) is 0 Å². The third-order valence-electron chi connectivity index (χ3n) is 4.64. The summed E-state index contributed by atoms with van der Waals surface area (Å²) >= 11 is 0. The SMILES string of the molecule is CC(C)(C)NC(=O)c1nc(C(=O)NCCc2ccc(F)cc2)n2c1CCCC2. The maximum absolute atomic E-state index is 13.0. The van der Waals surface area contributed by atoms with Gasteiger partial charge in [-0.1, -0.05) is 12.1 Å². The van der Waals surface area contributed by atoms with Crippen LogP contribution >= 0.6 is 0 Å². The minimum Gasteiger partial charge on any atom is -0.349 e. The third kappa shape index (κ3) is 4.77. The zero-order valence-electron chi connectivity index (χ0n) is 16.6. The van der Waals surface area contributed by atoms with Crippen molar-refractivity contribution in [2.45, 2.75) is 58.5 Å². The van der Waals surface area contributed by atoms with Gasteiger partial charge in [0.1, 0.15) is 11.5 Å². The normalized spacial score (nSPS) is 13.7. The number of benzene rings is 1. The summed E-state index contributed by atoms with van der Waals surface area (Å²) in [5.41, 5.74) is 1.74. The topological polar surface area (TPSA) is 76.0 Å². The lowest BCUT2D eigenvalue weighted by Gasteiger charge is -2.21. The van der Waals surface area contributed by atoms with Gasteiger partial charge in [-0.3, -0.25) is 9.59 Å². The monoisotopic (exact) mass is 386 g/mol. The Balaban J connectivity index is 1.72. The van der Waals surface area contributed by atoms with Crippen molar-refractivity contribution in [3.05, 3.63) is 52.9 Å². The molecule has 1 aliphatic rings. The van der Waals surface area contributed by atoms with Crippen LogP contribution in [0.25, 0.3) is 0 Å². The van der Waals surface area contributed by atoms with Gasteiger partial charge in [0.25, 0.3) is 11.8 Å². The predicted molar refractivity (Wildman–Crippen MR) is 105 cm³/mol. The van der Waals surface area contributed by atoms with Crippen LogP contribution in [-0.2, 0) is 19.4 Å². The number of fused-ring (bicyclic) bond motifs is 1. The lowest BCUT2D eigenvalue weighted by molar-refractivity contribution is 0.0913. The molecule has 1 aromatic carbocycles. The quantitative estimate of drug-likeness (QED) is 0.830. The number of carbonyl (C=O) groups is 2. The van der Waals surface area contributed by atoms with Crippen LogP contribution in [0.15, 0.2) is 24.3 Å². The number of halogens is 1. The minimum atomic E-state index is -0.375. The van der Waals surface area contributed by atoms with E-state index in [0.717, 1.165) is 30.5 Å². The standard InChI is InChI=1S/C21H27FN4O2/c1-21(2,3)25-19(27)17-16-6-4-5-13-26(16)18(24-17)20(28)23-12-11-14-7-9-15(22)10-8-14/h7-10H,4-6,11-13H2,1-3H3,(H,23,28)(H,25,27). The molecule has 1 aliphatic heterocycles. The van der Waals surface area contributed by atoms with Gasteiger partial charge in [-0.05, 0) is 64.2 Å². The first-order chi connectivity index (χ1) is 13.2. The average molecular weight is 386 g/mol. The van der Waals surface area contributed by atoms with E-state index >= 15 is 0 Å². The molecule has 0 fully saturated rings. The van der Waals surface area contributed by atoms with Crippen molar-refractivity contribution in [3.63, 3.8) is 0 Å². The van der Waals surface area contributed by atoms with E-state index in [2.05, 4.69) is 15.6 Å². The first kappa shape index (κ1) is 20.0. The Morgan fingerprint density at radius 3 is 2.54 bits per heavy atom. The summed E-state index contributed by atoms with van der Waals surface area (Å²) in [7, 11) is 0. The number of carbonyl (C=O) groups excluding carboxylic acids is 2. The summed E-state index contributed by atoms with van der Waals surface area (Å²) in [5.74, 6) is -0.533.